The first-order chi connectivity index (χ1) is 15.1. The number of methoxy groups -OCH3 is 1. The molecular formula is C22H20F3NO5S. The second-order valence-corrected chi connectivity index (χ2v) is 8.59. The minimum Gasteiger partial charge on any atom is -0.508 e. The third kappa shape index (κ3) is 5.25. The molecule has 0 amide bonds. The van der Waals surface area contributed by atoms with Crippen LogP contribution in [0.4, 0.5) is 18.9 Å². The summed E-state index contributed by atoms with van der Waals surface area (Å²) >= 11 is 0. The normalized spacial score (nSPS) is 11.8. The van der Waals surface area contributed by atoms with Crippen molar-refractivity contribution in [3.63, 3.8) is 0 Å². The average molecular weight is 467 g/mol. The molecule has 170 valence electrons. The van der Waals surface area contributed by atoms with E-state index in [0.29, 0.717) is 5.75 Å². The summed E-state index contributed by atoms with van der Waals surface area (Å²) in [6.45, 7) is -0.655. The summed E-state index contributed by atoms with van der Waals surface area (Å²) < 4.78 is 76.3. The summed E-state index contributed by atoms with van der Waals surface area (Å²) in [7, 11) is -4.39. The number of alkyl halides is 3. The number of nitrogens with zero attached hydrogens (tertiary/aromatic N) is 1. The molecule has 3 aromatic carbocycles. The van der Waals surface area contributed by atoms with E-state index in [4.69, 9.17) is 9.47 Å². The molecule has 32 heavy (non-hydrogen) atoms. The first-order valence-electron chi connectivity index (χ1n) is 9.33. The van der Waals surface area contributed by atoms with Crippen LogP contribution in [0.25, 0.3) is 0 Å². The van der Waals surface area contributed by atoms with Crippen LogP contribution < -0.4 is 13.8 Å². The maximum Gasteiger partial charge on any atom is 0.516 e. The predicted molar refractivity (Wildman–Crippen MR) is 113 cm³/mol. The molecule has 0 aliphatic carbocycles. The predicted octanol–water partition coefficient (Wildman–Crippen LogP) is 4.84. The molecule has 1 N–H and O–H groups in total. The quantitative estimate of drug-likeness (QED) is 0.513. The van der Waals surface area contributed by atoms with Crippen LogP contribution in [-0.2, 0) is 23.2 Å². The second-order valence-electron chi connectivity index (χ2n) is 6.73. The molecule has 0 radical (unpaired) electrons. The lowest BCUT2D eigenvalue weighted by Gasteiger charge is -2.27. The summed E-state index contributed by atoms with van der Waals surface area (Å²) in [5.74, 6) is -0.0830. The van der Waals surface area contributed by atoms with Crippen LogP contribution in [0.1, 0.15) is 11.1 Å². The lowest BCUT2D eigenvalue weighted by molar-refractivity contribution is -0.0438. The van der Waals surface area contributed by atoms with Gasteiger partial charge in [-0.15, -0.1) is 0 Å². The zero-order chi connectivity index (χ0) is 23.4. The monoisotopic (exact) mass is 467 g/mol. The van der Waals surface area contributed by atoms with Crippen LogP contribution in [0, 0.1) is 0 Å². The van der Waals surface area contributed by atoms with Gasteiger partial charge in [0.2, 0.25) is 0 Å². The number of sulfonamides is 1. The number of benzene rings is 3. The van der Waals surface area contributed by atoms with Crippen LogP contribution in [0.5, 0.6) is 17.2 Å². The first-order valence-corrected chi connectivity index (χ1v) is 10.8. The van der Waals surface area contributed by atoms with Gasteiger partial charge >= 0.3 is 15.5 Å². The number of anilines is 1. The number of hydrogen-bond acceptors (Lipinski definition) is 5. The zero-order valence-electron chi connectivity index (χ0n) is 16.9. The van der Waals surface area contributed by atoms with E-state index in [0.717, 1.165) is 11.6 Å². The second kappa shape index (κ2) is 9.39. The molecule has 6 nitrogen and oxygen atoms in total. The SMILES string of the molecule is COc1ccc(CN(c2cc(O)ccc2OCc2ccccc2)S(=O)(=O)C(F)(F)F)cc1. The molecule has 0 spiro atoms. The van der Waals surface area contributed by atoms with Crippen molar-refractivity contribution in [3.05, 3.63) is 83.9 Å². The molecule has 3 aromatic rings. The Morgan fingerprint density at radius 2 is 1.59 bits per heavy atom. The van der Waals surface area contributed by atoms with Gasteiger partial charge in [0.25, 0.3) is 0 Å². The molecule has 0 unspecified atom stereocenters. The molecule has 0 atom stereocenters. The van der Waals surface area contributed by atoms with Crippen molar-refractivity contribution in [1.82, 2.24) is 0 Å². The van der Waals surface area contributed by atoms with Crippen molar-refractivity contribution in [2.24, 2.45) is 0 Å². The Bertz CT molecular complexity index is 1150. The highest BCUT2D eigenvalue weighted by atomic mass is 32.2. The van der Waals surface area contributed by atoms with Gasteiger partial charge in [-0.1, -0.05) is 42.5 Å². The smallest absolute Gasteiger partial charge is 0.508 e. The van der Waals surface area contributed by atoms with Crippen LogP contribution in [-0.4, -0.2) is 26.1 Å². The number of aromatic hydroxyl groups is 1. The van der Waals surface area contributed by atoms with E-state index in [1.165, 1.54) is 43.5 Å². The number of phenolic OH excluding ortho intramolecular Hbond substituents is 1. The molecular weight excluding hydrogens is 447 g/mol. The highest BCUT2D eigenvalue weighted by Crippen LogP contribution is 2.39. The summed E-state index contributed by atoms with van der Waals surface area (Å²) in [6, 6.07) is 18.1. The molecule has 3 rings (SSSR count). The lowest BCUT2D eigenvalue weighted by Crippen LogP contribution is -2.40. The fourth-order valence-electron chi connectivity index (χ4n) is 2.88. The van der Waals surface area contributed by atoms with E-state index in [-0.39, 0.29) is 22.2 Å². The minimum atomic E-state index is -5.82. The largest absolute Gasteiger partial charge is 0.516 e. The number of phenols is 1. The molecule has 0 heterocycles. The Balaban J connectivity index is 2.04. The third-order valence-electron chi connectivity index (χ3n) is 4.52. The summed E-state index contributed by atoms with van der Waals surface area (Å²) in [4.78, 5) is 0. The number of hydrogen-bond donors (Lipinski definition) is 1. The van der Waals surface area contributed by atoms with Gasteiger partial charge in [-0.3, -0.25) is 4.31 Å². The average Bonchev–Trinajstić information content (AvgIpc) is 2.77. The van der Waals surface area contributed by atoms with Gasteiger partial charge in [0.05, 0.1) is 19.3 Å². The number of ether oxygens (including phenoxy) is 2. The molecule has 0 aromatic heterocycles. The maximum absolute atomic E-state index is 13.5. The van der Waals surface area contributed by atoms with Gasteiger partial charge in [-0.05, 0) is 35.4 Å². The van der Waals surface area contributed by atoms with Gasteiger partial charge in [-0.25, -0.2) is 0 Å². The standard InChI is InChI=1S/C22H20F3NO5S/c1-30-19-10-7-16(8-11-19)14-26(32(28,29)22(23,24)25)20-13-18(27)9-12-21(20)31-15-17-5-3-2-4-6-17/h2-13,27H,14-15H2,1H3. The zero-order valence-corrected chi connectivity index (χ0v) is 17.7. The Hall–Kier alpha value is -3.40. The molecule has 0 aliphatic heterocycles. The highest BCUT2D eigenvalue weighted by molar-refractivity contribution is 7.93. The van der Waals surface area contributed by atoms with Crippen LogP contribution in [0.2, 0.25) is 0 Å². The summed E-state index contributed by atoms with van der Waals surface area (Å²) in [5.41, 5.74) is -5.00. The van der Waals surface area contributed by atoms with E-state index >= 15 is 0 Å². The Kier molecular flexibility index (Phi) is 6.83. The van der Waals surface area contributed by atoms with Gasteiger partial charge in [0.15, 0.2) is 0 Å². The van der Waals surface area contributed by atoms with E-state index in [1.807, 2.05) is 0 Å². The summed E-state index contributed by atoms with van der Waals surface area (Å²) in [6.07, 6.45) is 0. The van der Waals surface area contributed by atoms with Crippen molar-refractivity contribution in [3.8, 4) is 17.2 Å². The van der Waals surface area contributed by atoms with Crippen molar-refractivity contribution in [2.45, 2.75) is 18.7 Å². The Labute approximate surface area is 183 Å². The molecule has 0 saturated carbocycles. The van der Waals surface area contributed by atoms with E-state index < -0.39 is 33.5 Å². The van der Waals surface area contributed by atoms with Gasteiger partial charge < -0.3 is 14.6 Å². The van der Waals surface area contributed by atoms with E-state index in [2.05, 4.69) is 0 Å². The molecule has 0 fully saturated rings. The fraction of sp³-hybridized carbons (Fsp3) is 0.182. The molecule has 10 heteroatoms. The van der Waals surface area contributed by atoms with E-state index in [1.54, 1.807) is 30.3 Å². The molecule has 0 aliphatic rings. The van der Waals surface area contributed by atoms with E-state index in [9.17, 15) is 26.7 Å². The van der Waals surface area contributed by atoms with Crippen molar-refractivity contribution < 1.29 is 36.2 Å². The number of halogens is 3. The first kappa shape index (κ1) is 23.3. The highest BCUT2D eigenvalue weighted by Gasteiger charge is 2.51. The van der Waals surface area contributed by atoms with Crippen LogP contribution in [0.15, 0.2) is 72.8 Å². The molecule has 0 bridgehead atoms. The van der Waals surface area contributed by atoms with Crippen LogP contribution >= 0.6 is 0 Å². The topological polar surface area (TPSA) is 76.1 Å². The van der Waals surface area contributed by atoms with Crippen molar-refractivity contribution in [1.29, 1.82) is 0 Å². The Morgan fingerprint density at radius 1 is 0.938 bits per heavy atom. The van der Waals surface area contributed by atoms with Crippen molar-refractivity contribution >= 4 is 15.7 Å². The van der Waals surface area contributed by atoms with Gasteiger partial charge in [-0.2, -0.15) is 21.6 Å². The Morgan fingerprint density at radius 3 is 2.19 bits per heavy atom. The maximum atomic E-state index is 13.5. The minimum absolute atomic E-state index is 0.0128. The lowest BCUT2D eigenvalue weighted by atomic mass is 10.2. The van der Waals surface area contributed by atoms with Gasteiger partial charge in [0.1, 0.15) is 23.9 Å². The fourth-order valence-corrected chi connectivity index (χ4v) is 3.85. The van der Waals surface area contributed by atoms with Crippen LogP contribution in [0.3, 0.4) is 0 Å². The molecule has 0 saturated heterocycles. The number of rotatable bonds is 8. The van der Waals surface area contributed by atoms with Gasteiger partial charge in [0, 0.05) is 6.07 Å². The third-order valence-corrected chi connectivity index (χ3v) is 6.01. The van der Waals surface area contributed by atoms with Crippen molar-refractivity contribution in [2.75, 3.05) is 11.4 Å². The summed E-state index contributed by atoms with van der Waals surface area (Å²) in [5, 5.41) is 9.90.